The Morgan fingerprint density at radius 2 is 1.96 bits per heavy atom. The van der Waals surface area contributed by atoms with E-state index in [4.69, 9.17) is 9.47 Å². The van der Waals surface area contributed by atoms with Gasteiger partial charge in [0.1, 0.15) is 0 Å². The molecule has 0 aliphatic carbocycles. The van der Waals surface area contributed by atoms with Crippen LogP contribution in [-0.4, -0.2) is 36.3 Å². The lowest BCUT2D eigenvalue weighted by atomic mass is 9.88. The van der Waals surface area contributed by atoms with Crippen LogP contribution in [0.2, 0.25) is 0 Å². The summed E-state index contributed by atoms with van der Waals surface area (Å²) in [6.45, 7) is 4.78. The van der Waals surface area contributed by atoms with Gasteiger partial charge in [-0.15, -0.1) is 11.3 Å². The van der Waals surface area contributed by atoms with Gasteiger partial charge in [-0.25, -0.2) is 0 Å². The summed E-state index contributed by atoms with van der Waals surface area (Å²) in [5, 5.41) is 2.16. The van der Waals surface area contributed by atoms with Crippen LogP contribution in [0.3, 0.4) is 0 Å². The van der Waals surface area contributed by atoms with Gasteiger partial charge in [-0.2, -0.15) is 0 Å². The average molecular weight is 343 g/mol. The minimum Gasteiger partial charge on any atom is -0.372 e. The maximum atomic E-state index is 6.22. The van der Waals surface area contributed by atoms with Crippen molar-refractivity contribution in [3.8, 4) is 0 Å². The second-order valence-electron chi connectivity index (χ2n) is 6.97. The zero-order valence-corrected chi connectivity index (χ0v) is 14.8. The number of benzene rings is 1. The fourth-order valence-corrected chi connectivity index (χ4v) is 4.53. The highest BCUT2D eigenvalue weighted by atomic mass is 32.1. The molecule has 0 bridgehead atoms. The van der Waals surface area contributed by atoms with Gasteiger partial charge in [0.25, 0.3) is 0 Å². The van der Waals surface area contributed by atoms with Crippen molar-refractivity contribution in [3.05, 3.63) is 58.3 Å². The summed E-state index contributed by atoms with van der Waals surface area (Å²) in [4.78, 5) is 4.01. The lowest BCUT2D eigenvalue weighted by Crippen LogP contribution is -2.43. The predicted molar refractivity (Wildman–Crippen MR) is 97.1 cm³/mol. The Bertz CT molecular complexity index is 620. The highest BCUT2D eigenvalue weighted by molar-refractivity contribution is 7.09. The SMILES string of the molecule is c1ccc(CO[C@H]2COC3(CCN(Cc4cccs4)CC3)C2)cc1. The molecule has 4 heteroatoms. The van der Waals surface area contributed by atoms with Crippen molar-refractivity contribution in [3.63, 3.8) is 0 Å². The minimum absolute atomic E-state index is 0.0628. The molecule has 1 aromatic carbocycles. The third-order valence-electron chi connectivity index (χ3n) is 5.23. The van der Waals surface area contributed by atoms with Gasteiger partial charge in [-0.1, -0.05) is 36.4 Å². The quantitative estimate of drug-likeness (QED) is 0.816. The van der Waals surface area contributed by atoms with Crippen LogP contribution < -0.4 is 0 Å². The normalized spacial score (nSPS) is 23.8. The second kappa shape index (κ2) is 7.36. The molecule has 3 heterocycles. The van der Waals surface area contributed by atoms with Gasteiger partial charge < -0.3 is 9.47 Å². The first-order valence-corrected chi connectivity index (χ1v) is 9.74. The number of piperidine rings is 1. The van der Waals surface area contributed by atoms with Crippen molar-refractivity contribution in [2.75, 3.05) is 19.7 Å². The first-order valence-electron chi connectivity index (χ1n) is 8.86. The number of hydrogen-bond acceptors (Lipinski definition) is 4. The van der Waals surface area contributed by atoms with E-state index in [1.807, 2.05) is 17.4 Å². The average Bonchev–Trinajstić information content (AvgIpc) is 3.27. The number of ether oxygens (including phenoxy) is 2. The van der Waals surface area contributed by atoms with Gasteiger partial charge in [0.2, 0.25) is 0 Å². The second-order valence-corrected chi connectivity index (χ2v) is 8.00. The van der Waals surface area contributed by atoms with E-state index in [9.17, 15) is 0 Å². The first-order chi connectivity index (χ1) is 11.8. The third-order valence-corrected chi connectivity index (χ3v) is 6.09. The van der Waals surface area contributed by atoms with Crippen LogP contribution in [0.25, 0.3) is 0 Å². The van der Waals surface area contributed by atoms with Crippen LogP contribution in [0.5, 0.6) is 0 Å². The van der Waals surface area contributed by atoms with E-state index in [-0.39, 0.29) is 11.7 Å². The van der Waals surface area contributed by atoms with Crippen molar-refractivity contribution >= 4 is 11.3 Å². The molecule has 0 unspecified atom stereocenters. The van der Waals surface area contributed by atoms with Crippen LogP contribution >= 0.6 is 11.3 Å². The largest absolute Gasteiger partial charge is 0.372 e. The summed E-state index contributed by atoms with van der Waals surface area (Å²) < 4.78 is 12.3. The molecule has 0 N–H and O–H groups in total. The Balaban J connectivity index is 1.24. The van der Waals surface area contributed by atoms with E-state index >= 15 is 0 Å². The molecule has 24 heavy (non-hydrogen) atoms. The van der Waals surface area contributed by atoms with E-state index in [1.54, 1.807) is 0 Å². The van der Waals surface area contributed by atoms with Crippen LogP contribution in [0.15, 0.2) is 47.8 Å². The molecule has 128 valence electrons. The molecule has 3 nitrogen and oxygen atoms in total. The van der Waals surface area contributed by atoms with E-state index in [0.29, 0.717) is 6.61 Å². The minimum atomic E-state index is 0.0628. The highest BCUT2D eigenvalue weighted by Crippen LogP contribution is 2.37. The van der Waals surface area contributed by atoms with E-state index < -0.39 is 0 Å². The molecule has 0 amide bonds. The monoisotopic (exact) mass is 343 g/mol. The van der Waals surface area contributed by atoms with E-state index in [0.717, 1.165) is 45.5 Å². The molecular weight excluding hydrogens is 318 g/mol. The molecule has 1 spiro atoms. The van der Waals surface area contributed by atoms with E-state index in [2.05, 4.69) is 46.7 Å². The smallest absolute Gasteiger partial charge is 0.0840 e. The molecule has 1 atom stereocenters. The Morgan fingerprint density at radius 3 is 2.71 bits per heavy atom. The summed E-state index contributed by atoms with van der Waals surface area (Å²) in [5.41, 5.74) is 1.30. The fraction of sp³-hybridized carbons (Fsp3) is 0.500. The first kappa shape index (κ1) is 16.3. The van der Waals surface area contributed by atoms with Crippen molar-refractivity contribution in [2.45, 2.75) is 44.1 Å². The zero-order chi connectivity index (χ0) is 16.2. The molecular formula is C20H25NO2S. The van der Waals surface area contributed by atoms with Gasteiger partial charge in [0, 0.05) is 30.9 Å². The number of nitrogens with zero attached hydrogens (tertiary/aromatic N) is 1. The molecule has 2 saturated heterocycles. The summed E-state index contributed by atoms with van der Waals surface area (Å²) >= 11 is 1.85. The molecule has 4 rings (SSSR count). The summed E-state index contributed by atoms with van der Waals surface area (Å²) in [6.07, 6.45) is 3.55. The zero-order valence-electron chi connectivity index (χ0n) is 14.0. The van der Waals surface area contributed by atoms with Gasteiger partial charge in [0.05, 0.1) is 24.9 Å². The number of likely N-dealkylation sites (tertiary alicyclic amines) is 1. The molecule has 2 fully saturated rings. The van der Waals surface area contributed by atoms with Gasteiger partial charge >= 0.3 is 0 Å². The van der Waals surface area contributed by atoms with Gasteiger partial charge in [0.15, 0.2) is 0 Å². The van der Waals surface area contributed by atoms with Crippen LogP contribution in [-0.2, 0) is 22.6 Å². The molecule has 0 radical (unpaired) electrons. The van der Waals surface area contributed by atoms with Gasteiger partial charge in [-0.3, -0.25) is 4.90 Å². The molecule has 0 saturated carbocycles. The van der Waals surface area contributed by atoms with Crippen molar-refractivity contribution in [1.29, 1.82) is 0 Å². The number of thiophene rings is 1. The molecule has 2 aromatic rings. The lowest BCUT2D eigenvalue weighted by molar-refractivity contribution is -0.0467. The van der Waals surface area contributed by atoms with Crippen LogP contribution in [0, 0.1) is 0 Å². The molecule has 1 aromatic heterocycles. The maximum absolute atomic E-state index is 6.22. The summed E-state index contributed by atoms with van der Waals surface area (Å²) in [6, 6.07) is 14.8. The lowest BCUT2D eigenvalue weighted by Gasteiger charge is -2.38. The van der Waals surface area contributed by atoms with Crippen molar-refractivity contribution < 1.29 is 9.47 Å². The summed E-state index contributed by atoms with van der Waals surface area (Å²) in [7, 11) is 0. The number of rotatable bonds is 5. The Kier molecular flexibility index (Phi) is 4.99. The van der Waals surface area contributed by atoms with Crippen LogP contribution in [0.1, 0.15) is 29.7 Å². The van der Waals surface area contributed by atoms with Gasteiger partial charge in [-0.05, 0) is 29.9 Å². The third kappa shape index (κ3) is 3.89. The van der Waals surface area contributed by atoms with Crippen molar-refractivity contribution in [1.82, 2.24) is 4.90 Å². The number of hydrogen-bond donors (Lipinski definition) is 0. The summed E-state index contributed by atoms with van der Waals surface area (Å²) in [5.74, 6) is 0. The highest BCUT2D eigenvalue weighted by Gasteiger charge is 2.43. The van der Waals surface area contributed by atoms with Crippen LogP contribution in [0.4, 0.5) is 0 Å². The maximum Gasteiger partial charge on any atom is 0.0840 e. The molecule has 2 aliphatic rings. The topological polar surface area (TPSA) is 21.7 Å². The Hall–Kier alpha value is -1.20. The van der Waals surface area contributed by atoms with E-state index in [1.165, 1.54) is 10.4 Å². The van der Waals surface area contributed by atoms with Crippen molar-refractivity contribution in [2.24, 2.45) is 0 Å². The Labute approximate surface area is 148 Å². The standard InChI is InChI=1S/C20H25NO2S/c1-2-5-17(6-3-1)15-22-18-13-20(23-16-18)8-10-21(11-9-20)14-19-7-4-12-24-19/h1-7,12,18H,8-11,13-16H2/t18-/m1/s1. The fourth-order valence-electron chi connectivity index (χ4n) is 3.79. The Morgan fingerprint density at radius 1 is 1.12 bits per heavy atom. The predicted octanol–water partition coefficient (Wildman–Crippen LogP) is 4.09. The molecule has 2 aliphatic heterocycles.